The van der Waals surface area contributed by atoms with Gasteiger partial charge in [-0.3, -0.25) is 4.79 Å². The number of benzene rings is 1. The van der Waals surface area contributed by atoms with Crippen LogP contribution in [-0.2, 0) is 14.8 Å². The molecule has 1 aliphatic carbocycles. The summed E-state index contributed by atoms with van der Waals surface area (Å²) in [4.78, 5) is 23.9. The predicted molar refractivity (Wildman–Crippen MR) is 105 cm³/mol. The molecule has 8 nitrogen and oxygen atoms in total. The zero-order valence-corrected chi connectivity index (χ0v) is 17.0. The lowest BCUT2D eigenvalue weighted by Gasteiger charge is -2.37. The lowest BCUT2D eigenvalue weighted by molar-refractivity contribution is 0.0600. The first-order chi connectivity index (χ1) is 13.8. The van der Waals surface area contributed by atoms with Crippen molar-refractivity contribution in [3.05, 3.63) is 58.0 Å². The molecule has 1 saturated carbocycles. The van der Waals surface area contributed by atoms with Crippen molar-refractivity contribution in [3.8, 4) is 5.75 Å². The highest BCUT2D eigenvalue weighted by Gasteiger charge is 2.38. The van der Waals surface area contributed by atoms with Gasteiger partial charge in [0.25, 0.3) is 5.56 Å². The monoisotopic (exact) mass is 418 g/mol. The Bertz CT molecular complexity index is 1100. The molecule has 29 heavy (non-hydrogen) atoms. The fraction of sp³-hybridized carbons (Fsp3) is 0.400. The summed E-state index contributed by atoms with van der Waals surface area (Å²) in [5.41, 5.74) is 1.05. The molecule has 0 atom stereocenters. The standard InChI is InChI=1S/C20H22N2O6S/c1-13-9-16(10-19(23)22(13)15-5-6-15)28-17-11-21(12-17)29(25,26)18-7-3-14(4-8-18)20(24)27-2/h3-4,7-10,15,17H,5-6,11-12H2,1-2H3. The lowest BCUT2D eigenvalue weighted by atomic mass is 10.2. The van der Waals surface area contributed by atoms with E-state index < -0.39 is 16.0 Å². The van der Waals surface area contributed by atoms with E-state index in [-0.39, 0.29) is 35.2 Å². The van der Waals surface area contributed by atoms with Gasteiger partial charge in [0.05, 0.1) is 30.7 Å². The number of carbonyl (C=O) groups is 1. The van der Waals surface area contributed by atoms with Gasteiger partial charge in [-0.15, -0.1) is 0 Å². The lowest BCUT2D eigenvalue weighted by Crippen LogP contribution is -2.56. The number of pyridine rings is 1. The van der Waals surface area contributed by atoms with Crippen LogP contribution in [0.5, 0.6) is 5.75 Å². The van der Waals surface area contributed by atoms with Crippen molar-refractivity contribution >= 4 is 16.0 Å². The molecular formula is C20H22N2O6S. The maximum atomic E-state index is 12.7. The SMILES string of the molecule is COC(=O)c1ccc(S(=O)(=O)N2CC(Oc3cc(C)n(C4CC4)c(=O)c3)C2)cc1. The summed E-state index contributed by atoms with van der Waals surface area (Å²) >= 11 is 0. The number of rotatable bonds is 6. The van der Waals surface area contributed by atoms with Crippen LogP contribution in [0.25, 0.3) is 0 Å². The van der Waals surface area contributed by atoms with E-state index in [2.05, 4.69) is 4.74 Å². The zero-order valence-electron chi connectivity index (χ0n) is 16.2. The van der Waals surface area contributed by atoms with Crippen molar-refractivity contribution < 1.29 is 22.7 Å². The third kappa shape index (κ3) is 3.79. The molecule has 0 amide bonds. The Morgan fingerprint density at radius 1 is 1.10 bits per heavy atom. The maximum Gasteiger partial charge on any atom is 0.337 e. The van der Waals surface area contributed by atoms with Gasteiger partial charge in [-0.2, -0.15) is 4.31 Å². The van der Waals surface area contributed by atoms with Gasteiger partial charge in [0.2, 0.25) is 10.0 Å². The van der Waals surface area contributed by atoms with Crippen molar-refractivity contribution in [2.45, 2.75) is 36.8 Å². The number of ether oxygens (including phenoxy) is 2. The summed E-state index contributed by atoms with van der Waals surface area (Å²) in [6.45, 7) is 2.28. The van der Waals surface area contributed by atoms with Crippen LogP contribution in [0.1, 0.15) is 34.9 Å². The second-order valence-corrected chi connectivity index (χ2v) is 9.29. The summed E-state index contributed by atoms with van der Waals surface area (Å²) in [7, 11) is -2.40. The topological polar surface area (TPSA) is 94.9 Å². The molecule has 1 aromatic carbocycles. The van der Waals surface area contributed by atoms with Crippen LogP contribution in [0.2, 0.25) is 0 Å². The van der Waals surface area contributed by atoms with E-state index in [1.807, 2.05) is 13.0 Å². The largest absolute Gasteiger partial charge is 0.487 e. The molecule has 2 aliphatic rings. The molecule has 1 aliphatic heterocycles. The van der Waals surface area contributed by atoms with Crippen LogP contribution in [0.4, 0.5) is 0 Å². The predicted octanol–water partition coefficient (Wildman–Crippen LogP) is 1.73. The number of nitrogens with zero attached hydrogens (tertiary/aromatic N) is 2. The number of hydrogen-bond acceptors (Lipinski definition) is 6. The number of aryl methyl sites for hydroxylation is 1. The molecule has 1 saturated heterocycles. The summed E-state index contributed by atoms with van der Waals surface area (Å²) < 4.78 is 38.9. The molecule has 9 heteroatoms. The van der Waals surface area contributed by atoms with Crippen molar-refractivity contribution in [1.29, 1.82) is 0 Å². The van der Waals surface area contributed by atoms with E-state index in [0.29, 0.717) is 11.8 Å². The Labute approximate surface area is 168 Å². The van der Waals surface area contributed by atoms with Crippen LogP contribution in [0, 0.1) is 6.92 Å². The van der Waals surface area contributed by atoms with Gasteiger partial charge in [0.15, 0.2) is 0 Å². The minimum absolute atomic E-state index is 0.0861. The maximum absolute atomic E-state index is 12.7. The third-order valence-electron chi connectivity index (χ3n) is 5.18. The van der Waals surface area contributed by atoms with Gasteiger partial charge in [-0.25, -0.2) is 13.2 Å². The van der Waals surface area contributed by atoms with Gasteiger partial charge < -0.3 is 14.0 Å². The van der Waals surface area contributed by atoms with Crippen LogP contribution in [0.3, 0.4) is 0 Å². The fourth-order valence-corrected chi connectivity index (χ4v) is 4.95. The Hall–Kier alpha value is -2.65. The number of hydrogen-bond donors (Lipinski definition) is 0. The van der Waals surface area contributed by atoms with Gasteiger partial charge in [-0.05, 0) is 50.1 Å². The number of methoxy groups -OCH3 is 1. The minimum atomic E-state index is -3.67. The van der Waals surface area contributed by atoms with Crippen LogP contribution in [-0.4, -0.2) is 49.6 Å². The summed E-state index contributed by atoms with van der Waals surface area (Å²) in [5.74, 6) is -0.0563. The van der Waals surface area contributed by atoms with Crippen LogP contribution >= 0.6 is 0 Å². The molecule has 154 valence electrons. The number of carbonyl (C=O) groups excluding carboxylic acids is 1. The second kappa shape index (κ2) is 7.31. The number of aromatic nitrogens is 1. The first-order valence-corrected chi connectivity index (χ1v) is 10.8. The third-order valence-corrected chi connectivity index (χ3v) is 7.02. The summed E-state index contributed by atoms with van der Waals surface area (Å²) in [5, 5.41) is 0. The first kappa shape index (κ1) is 19.7. The van der Waals surface area contributed by atoms with Crippen molar-refractivity contribution in [1.82, 2.24) is 8.87 Å². The van der Waals surface area contributed by atoms with Gasteiger partial charge in [0.1, 0.15) is 11.9 Å². The molecule has 2 aromatic rings. The molecule has 0 N–H and O–H groups in total. The molecule has 0 radical (unpaired) electrons. The molecule has 0 bridgehead atoms. The molecule has 0 spiro atoms. The highest BCUT2D eigenvalue weighted by Crippen LogP contribution is 2.35. The first-order valence-electron chi connectivity index (χ1n) is 9.38. The molecular weight excluding hydrogens is 396 g/mol. The van der Waals surface area contributed by atoms with E-state index in [4.69, 9.17) is 4.74 Å². The number of sulfonamides is 1. The summed E-state index contributed by atoms with van der Waals surface area (Å²) in [6.07, 6.45) is 1.74. The molecule has 0 unspecified atom stereocenters. The Balaban J connectivity index is 1.40. The molecule has 4 rings (SSSR count). The van der Waals surface area contributed by atoms with Crippen molar-refractivity contribution in [3.63, 3.8) is 0 Å². The normalized spacial score (nSPS) is 17.6. The van der Waals surface area contributed by atoms with E-state index in [9.17, 15) is 18.0 Å². The zero-order chi connectivity index (χ0) is 20.8. The smallest absolute Gasteiger partial charge is 0.337 e. The highest BCUT2D eigenvalue weighted by molar-refractivity contribution is 7.89. The molecule has 1 aromatic heterocycles. The van der Waals surface area contributed by atoms with Gasteiger partial charge >= 0.3 is 5.97 Å². The van der Waals surface area contributed by atoms with Gasteiger partial charge in [-0.1, -0.05) is 0 Å². The van der Waals surface area contributed by atoms with Crippen LogP contribution < -0.4 is 10.3 Å². The highest BCUT2D eigenvalue weighted by atomic mass is 32.2. The summed E-state index contributed by atoms with van der Waals surface area (Å²) in [6, 6.07) is 9.20. The average Bonchev–Trinajstić information content (AvgIpc) is 3.48. The molecule has 2 fully saturated rings. The van der Waals surface area contributed by atoms with Gasteiger partial charge in [0, 0.05) is 17.8 Å². The quantitative estimate of drug-likeness (QED) is 0.663. The van der Waals surface area contributed by atoms with E-state index in [1.165, 1.54) is 41.7 Å². The van der Waals surface area contributed by atoms with E-state index in [1.54, 1.807) is 4.57 Å². The Kier molecular flexibility index (Phi) is 4.95. The van der Waals surface area contributed by atoms with Crippen molar-refractivity contribution in [2.75, 3.05) is 20.2 Å². The minimum Gasteiger partial charge on any atom is -0.487 e. The molecule has 2 heterocycles. The number of esters is 1. The van der Waals surface area contributed by atoms with E-state index >= 15 is 0 Å². The van der Waals surface area contributed by atoms with E-state index in [0.717, 1.165) is 18.5 Å². The fourth-order valence-electron chi connectivity index (χ4n) is 3.44. The Morgan fingerprint density at radius 3 is 2.31 bits per heavy atom. The second-order valence-electron chi connectivity index (χ2n) is 7.35. The Morgan fingerprint density at radius 2 is 1.76 bits per heavy atom. The van der Waals surface area contributed by atoms with Crippen molar-refractivity contribution in [2.24, 2.45) is 0 Å². The average molecular weight is 418 g/mol. The van der Waals surface area contributed by atoms with Crippen LogP contribution in [0.15, 0.2) is 46.1 Å².